The first kappa shape index (κ1) is 12.5. The van der Waals surface area contributed by atoms with Crippen LogP contribution in [0.25, 0.3) is 0 Å². The number of hydrogen-bond acceptors (Lipinski definition) is 2. The van der Waals surface area contributed by atoms with E-state index in [1.54, 1.807) is 19.9 Å². The zero-order valence-electron chi connectivity index (χ0n) is 8.95. The van der Waals surface area contributed by atoms with Crippen LogP contribution >= 0.6 is 11.6 Å². The summed E-state index contributed by atoms with van der Waals surface area (Å²) in [7, 11) is 0. The summed E-state index contributed by atoms with van der Waals surface area (Å²) < 4.78 is 0. The van der Waals surface area contributed by atoms with Gasteiger partial charge in [-0.05, 0) is 37.6 Å². The van der Waals surface area contributed by atoms with E-state index >= 15 is 0 Å². The van der Waals surface area contributed by atoms with Crippen LogP contribution in [0.15, 0.2) is 18.2 Å². The summed E-state index contributed by atoms with van der Waals surface area (Å²) in [5.74, 6) is -1.31. The van der Waals surface area contributed by atoms with Gasteiger partial charge in [0.15, 0.2) is 0 Å². The number of rotatable bonds is 3. The number of alkyl halides is 1. The minimum absolute atomic E-state index is 0.189. The summed E-state index contributed by atoms with van der Waals surface area (Å²) in [6.45, 7) is 3.29. The summed E-state index contributed by atoms with van der Waals surface area (Å²) in [6.07, 6.45) is 0. The molecule has 0 heterocycles. The Morgan fingerprint density at radius 3 is 2.50 bits per heavy atom. The van der Waals surface area contributed by atoms with Crippen molar-refractivity contribution in [1.29, 1.82) is 0 Å². The molecule has 1 aromatic rings. The SMILES string of the molecule is Cc1cc(C(=O)O)ccc1NC(=O)C(C)Cl. The van der Waals surface area contributed by atoms with Crippen molar-refractivity contribution >= 4 is 29.2 Å². The van der Waals surface area contributed by atoms with Crippen LogP contribution in [0.1, 0.15) is 22.8 Å². The van der Waals surface area contributed by atoms with Gasteiger partial charge in [-0.2, -0.15) is 0 Å². The van der Waals surface area contributed by atoms with Crippen molar-refractivity contribution in [2.75, 3.05) is 5.32 Å². The fourth-order valence-electron chi connectivity index (χ4n) is 1.17. The predicted molar refractivity (Wildman–Crippen MR) is 62.1 cm³/mol. The van der Waals surface area contributed by atoms with Crippen molar-refractivity contribution < 1.29 is 14.7 Å². The van der Waals surface area contributed by atoms with Crippen molar-refractivity contribution in [3.63, 3.8) is 0 Å². The molecule has 1 amide bonds. The van der Waals surface area contributed by atoms with Gasteiger partial charge in [0.25, 0.3) is 0 Å². The molecule has 1 rings (SSSR count). The van der Waals surface area contributed by atoms with Gasteiger partial charge in [0, 0.05) is 5.69 Å². The van der Waals surface area contributed by atoms with Crippen molar-refractivity contribution in [2.24, 2.45) is 0 Å². The maximum Gasteiger partial charge on any atom is 0.335 e. The molecule has 0 radical (unpaired) electrons. The Hall–Kier alpha value is -1.55. The van der Waals surface area contributed by atoms with Crippen LogP contribution in [0.2, 0.25) is 0 Å². The number of nitrogens with one attached hydrogen (secondary N) is 1. The quantitative estimate of drug-likeness (QED) is 0.798. The monoisotopic (exact) mass is 241 g/mol. The maximum atomic E-state index is 11.3. The van der Waals surface area contributed by atoms with Gasteiger partial charge in [0.1, 0.15) is 5.38 Å². The van der Waals surface area contributed by atoms with Crippen LogP contribution in [0.3, 0.4) is 0 Å². The third-order valence-electron chi connectivity index (χ3n) is 2.09. The fraction of sp³-hybridized carbons (Fsp3) is 0.273. The normalized spacial score (nSPS) is 11.9. The van der Waals surface area contributed by atoms with Gasteiger partial charge in [0.2, 0.25) is 5.91 Å². The Kier molecular flexibility index (Phi) is 3.90. The van der Waals surface area contributed by atoms with E-state index in [1.807, 2.05) is 0 Å². The lowest BCUT2D eigenvalue weighted by molar-refractivity contribution is -0.115. The zero-order valence-corrected chi connectivity index (χ0v) is 9.71. The lowest BCUT2D eigenvalue weighted by atomic mass is 10.1. The van der Waals surface area contributed by atoms with Gasteiger partial charge in [-0.3, -0.25) is 4.79 Å². The van der Waals surface area contributed by atoms with E-state index in [1.165, 1.54) is 12.1 Å². The smallest absolute Gasteiger partial charge is 0.335 e. The van der Waals surface area contributed by atoms with Crippen LogP contribution in [0.4, 0.5) is 5.69 Å². The van der Waals surface area contributed by atoms with Crippen LogP contribution in [-0.4, -0.2) is 22.4 Å². The second-order valence-corrected chi connectivity index (χ2v) is 4.09. The molecular weight excluding hydrogens is 230 g/mol. The summed E-state index contributed by atoms with van der Waals surface area (Å²) in [5.41, 5.74) is 1.45. The predicted octanol–water partition coefficient (Wildman–Crippen LogP) is 2.26. The largest absolute Gasteiger partial charge is 0.478 e. The molecule has 0 saturated heterocycles. The number of carboxylic acid groups (broad SMARTS) is 1. The van der Waals surface area contributed by atoms with E-state index in [2.05, 4.69) is 5.32 Å². The second kappa shape index (κ2) is 4.99. The molecule has 4 nitrogen and oxygen atoms in total. The topological polar surface area (TPSA) is 66.4 Å². The van der Waals surface area contributed by atoms with Crippen molar-refractivity contribution in [3.05, 3.63) is 29.3 Å². The number of carbonyl (C=O) groups excluding carboxylic acids is 1. The highest BCUT2D eigenvalue weighted by atomic mass is 35.5. The number of carbonyl (C=O) groups is 2. The van der Waals surface area contributed by atoms with E-state index < -0.39 is 11.3 Å². The number of anilines is 1. The zero-order chi connectivity index (χ0) is 12.3. The van der Waals surface area contributed by atoms with E-state index in [-0.39, 0.29) is 11.5 Å². The number of aryl methyl sites for hydroxylation is 1. The lowest BCUT2D eigenvalue weighted by Crippen LogP contribution is -2.20. The van der Waals surface area contributed by atoms with Crippen LogP contribution in [-0.2, 0) is 4.79 Å². The molecule has 16 heavy (non-hydrogen) atoms. The molecule has 0 fully saturated rings. The number of hydrogen-bond donors (Lipinski definition) is 2. The average Bonchev–Trinajstić information content (AvgIpc) is 2.20. The van der Waals surface area contributed by atoms with Crippen molar-refractivity contribution in [3.8, 4) is 0 Å². The molecule has 0 aliphatic carbocycles. The molecule has 86 valence electrons. The third kappa shape index (κ3) is 2.97. The third-order valence-corrected chi connectivity index (χ3v) is 2.29. The highest BCUT2D eigenvalue weighted by molar-refractivity contribution is 6.32. The van der Waals surface area contributed by atoms with E-state index in [0.717, 1.165) is 0 Å². The van der Waals surface area contributed by atoms with Gasteiger partial charge in [-0.25, -0.2) is 4.79 Å². The molecule has 0 spiro atoms. The van der Waals surface area contributed by atoms with E-state index in [9.17, 15) is 9.59 Å². The molecular formula is C11H12ClNO3. The van der Waals surface area contributed by atoms with Crippen LogP contribution in [0.5, 0.6) is 0 Å². The second-order valence-electron chi connectivity index (χ2n) is 3.44. The lowest BCUT2D eigenvalue weighted by Gasteiger charge is -2.09. The summed E-state index contributed by atoms with van der Waals surface area (Å²) in [6, 6.07) is 4.48. The van der Waals surface area contributed by atoms with Gasteiger partial charge in [-0.1, -0.05) is 0 Å². The molecule has 1 atom stereocenters. The Balaban J connectivity index is 2.91. The minimum Gasteiger partial charge on any atom is -0.478 e. The molecule has 0 bridgehead atoms. The number of benzene rings is 1. The highest BCUT2D eigenvalue weighted by Crippen LogP contribution is 2.17. The molecule has 0 saturated carbocycles. The highest BCUT2D eigenvalue weighted by Gasteiger charge is 2.11. The summed E-state index contributed by atoms with van der Waals surface area (Å²) >= 11 is 5.61. The molecule has 0 aliphatic rings. The van der Waals surface area contributed by atoms with Gasteiger partial charge in [-0.15, -0.1) is 11.6 Å². The molecule has 1 aromatic carbocycles. The number of halogens is 1. The first-order valence-electron chi connectivity index (χ1n) is 4.70. The number of aromatic carboxylic acids is 1. The van der Waals surface area contributed by atoms with E-state index in [0.29, 0.717) is 11.3 Å². The fourth-order valence-corrected chi connectivity index (χ4v) is 1.22. The Labute approximate surface area is 98.2 Å². The summed E-state index contributed by atoms with van der Waals surface area (Å²) in [4.78, 5) is 22.0. The van der Waals surface area contributed by atoms with Gasteiger partial charge >= 0.3 is 5.97 Å². The number of amides is 1. The van der Waals surface area contributed by atoms with Crippen LogP contribution < -0.4 is 5.32 Å². The first-order valence-corrected chi connectivity index (χ1v) is 5.14. The number of carboxylic acids is 1. The molecule has 1 unspecified atom stereocenters. The standard InChI is InChI=1S/C11H12ClNO3/c1-6-5-8(11(15)16)3-4-9(6)13-10(14)7(2)12/h3-5,7H,1-2H3,(H,13,14)(H,15,16). The Morgan fingerprint density at radius 1 is 1.44 bits per heavy atom. The van der Waals surface area contributed by atoms with Gasteiger partial charge < -0.3 is 10.4 Å². The summed E-state index contributed by atoms with van der Waals surface area (Å²) in [5, 5.41) is 10.7. The molecule has 5 heteroatoms. The first-order chi connectivity index (χ1) is 7.41. The molecule has 2 N–H and O–H groups in total. The Morgan fingerprint density at radius 2 is 2.06 bits per heavy atom. The average molecular weight is 242 g/mol. The van der Waals surface area contributed by atoms with Crippen molar-refractivity contribution in [1.82, 2.24) is 0 Å². The van der Waals surface area contributed by atoms with Crippen LogP contribution in [0, 0.1) is 6.92 Å². The van der Waals surface area contributed by atoms with E-state index in [4.69, 9.17) is 16.7 Å². The maximum absolute atomic E-state index is 11.3. The Bertz CT molecular complexity index is 429. The molecule has 0 aromatic heterocycles. The minimum atomic E-state index is -0.994. The van der Waals surface area contributed by atoms with Crippen molar-refractivity contribution in [2.45, 2.75) is 19.2 Å². The van der Waals surface area contributed by atoms with Gasteiger partial charge in [0.05, 0.1) is 5.56 Å². The molecule has 0 aliphatic heterocycles.